The number of amides is 1. The van der Waals surface area contributed by atoms with Gasteiger partial charge in [-0.05, 0) is 31.4 Å². The molecule has 2 rings (SSSR count). The quantitative estimate of drug-likeness (QED) is 0.775. The lowest BCUT2D eigenvalue weighted by molar-refractivity contribution is -0.124. The van der Waals surface area contributed by atoms with Crippen molar-refractivity contribution in [2.45, 2.75) is 51.1 Å². The van der Waals surface area contributed by atoms with Gasteiger partial charge in [0.15, 0.2) is 0 Å². The summed E-state index contributed by atoms with van der Waals surface area (Å²) in [5.74, 6) is -0.525. The molecule has 0 aliphatic heterocycles. The molecule has 0 aliphatic rings. The first kappa shape index (κ1) is 18.8. The van der Waals surface area contributed by atoms with E-state index in [0.717, 1.165) is 18.1 Å². The highest BCUT2D eigenvalue weighted by molar-refractivity contribution is 7.89. The molecule has 132 valence electrons. The summed E-state index contributed by atoms with van der Waals surface area (Å²) in [6.07, 6.45) is 0.771. The summed E-state index contributed by atoms with van der Waals surface area (Å²) in [5.41, 5.74) is 0.841. The smallest absolute Gasteiger partial charge is 0.243 e. The predicted octanol–water partition coefficient (Wildman–Crippen LogP) is 1.91. The molecule has 7 nitrogen and oxygen atoms in total. The van der Waals surface area contributed by atoms with Crippen LogP contribution in [0.5, 0.6) is 0 Å². The van der Waals surface area contributed by atoms with Crippen molar-refractivity contribution in [3.63, 3.8) is 0 Å². The summed E-state index contributed by atoms with van der Waals surface area (Å²) in [6.45, 7) is 7.43. The first-order chi connectivity index (χ1) is 11.3. The number of fused-ring (bicyclic) bond motifs is 1. The second-order valence-electron chi connectivity index (χ2n) is 6.05. The van der Waals surface area contributed by atoms with Gasteiger partial charge in [0.1, 0.15) is 22.0 Å². The molecule has 0 fully saturated rings. The monoisotopic (exact) mass is 370 g/mol. The average Bonchev–Trinajstić information content (AvgIpc) is 3.00. The van der Waals surface area contributed by atoms with Crippen LogP contribution < -0.4 is 10.0 Å². The zero-order chi connectivity index (χ0) is 17.9. The van der Waals surface area contributed by atoms with Crippen LogP contribution >= 0.6 is 11.7 Å². The van der Waals surface area contributed by atoms with Crippen molar-refractivity contribution in [1.29, 1.82) is 0 Å². The van der Waals surface area contributed by atoms with Crippen LogP contribution in [0.4, 0.5) is 0 Å². The van der Waals surface area contributed by atoms with E-state index in [0.29, 0.717) is 11.0 Å². The zero-order valence-corrected chi connectivity index (χ0v) is 15.7. The Bertz CT molecular complexity index is 817. The van der Waals surface area contributed by atoms with E-state index in [1.807, 2.05) is 13.8 Å². The number of sulfonamides is 1. The fourth-order valence-electron chi connectivity index (χ4n) is 2.16. The van der Waals surface area contributed by atoms with Gasteiger partial charge in [-0.1, -0.05) is 26.8 Å². The largest absolute Gasteiger partial charge is 0.352 e. The van der Waals surface area contributed by atoms with Gasteiger partial charge in [-0.3, -0.25) is 4.79 Å². The van der Waals surface area contributed by atoms with Crippen LogP contribution in [0.2, 0.25) is 0 Å². The van der Waals surface area contributed by atoms with E-state index < -0.39 is 16.1 Å². The molecule has 9 heteroatoms. The Labute approximate surface area is 146 Å². The molecular weight excluding hydrogens is 348 g/mol. The Morgan fingerprint density at radius 3 is 2.58 bits per heavy atom. The van der Waals surface area contributed by atoms with Crippen LogP contribution in [0.1, 0.15) is 34.1 Å². The highest BCUT2D eigenvalue weighted by Gasteiger charge is 2.30. The Balaban J connectivity index is 2.31. The number of benzene rings is 1. The fraction of sp³-hybridized carbons (Fsp3) is 0.533. The third kappa shape index (κ3) is 4.08. The number of rotatable bonds is 7. The van der Waals surface area contributed by atoms with Crippen molar-refractivity contribution in [3.8, 4) is 0 Å². The summed E-state index contributed by atoms with van der Waals surface area (Å²) >= 11 is 0.955. The summed E-state index contributed by atoms with van der Waals surface area (Å²) in [4.78, 5) is 12.5. The maximum absolute atomic E-state index is 12.8. The number of aromatic nitrogens is 2. The Kier molecular flexibility index (Phi) is 5.89. The molecule has 0 spiro atoms. The molecule has 1 aromatic carbocycles. The molecule has 1 aromatic heterocycles. The molecular formula is C15H22N4O3S2. The van der Waals surface area contributed by atoms with Gasteiger partial charge in [0.05, 0.1) is 11.7 Å². The third-order valence-corrected chi connectivity index (χ3v) is 5.79. The molecule has 0 bridgehead atoms. The van der Waals surface area contributed by atoms with E-state index >= 15 is 0 Å². The summed E-state index contributed by atoms with van der Waals surface area (Å²) in [6, 6.07) is 3.91. The molecule has 1 amide bonds. The van der Waals surface area contributed by atoms with E-state index in [4.69, 9.17) is 0 Å². The van der Waals surface area contributed by atoms with Gasteiger partial charge in [-0.25, -0.2) is 8.42 Å². The lowest BCUT2D eigenvalue weighted by atomic mass is 10.0. The van der Waals surface area contributed by atoms with Crippen molar-refractivity contribution in [2.75, 3.05) is 0 Å². The van der Waals surface area contributed by atoms with Gasteiger partial charge in [0.2, 0.25) is 15.9 Å². The van der Waals surface area contributed by atoms with Crippen LogP contribution in [0.25, 0.3) is 11.0 Å². The lowest BCUT2D eigenvalue weighted by Crippen LogP contribution is -2.51. The van der Waals surface area contributed by atoms with Crippen molar-refractivity contribution >= 4 is 38.7 Å². The van der Waals surface area contributed by atoms with Crippen molar-refractivity contribution in [3.05, 3.63) is 18.2 Å². The first-order valence-electron chi connectivity index (χ1n) is 7.80. The van der Waals surface area contributed by atoms with Gasteiger partial charge in [-0.2, -0.15) is 13.5 Å². The van der Waals surface area contributed by atoms with Crippen LogP contribution in [0.15, 0.2) is 23.1 Å². The topological polar surface area (TPSA) is 101 Å². The molecule has 2 aromatic rings. The lowest BCUT2D eigenvalue weighted by Gasteiger charge is -2.23. The predicted molar refractivity (Wildman–Crippen MR) is 94.3 cm³/mol. The molecule has 0 unspecified atom stereocenters. The minimum atomic E-state index is -3.90. The maximum atomic E-state index is 12.8. The molecule has 0 radical (unpaired) electrons. The highest BCUT2D eigenvalue weighted by Crippen LogP contribution is 2.21. The second kappa shape index (κ2) is 7.54. The number of carbonyl (C=O) groups excluding carboxylic acids is 1. The molecule has 0 saturated heterocycles. The van der Waals surface area contributed by atoms with Crippen molar-refractivity contribution in [1.82, 2.24) is 18.8 Å². The van der Waals surface area contributed by atoms with Crippen LogP contribution in [-0.2, 0) is 14.8 Å². The summed E-state index contributed by atoms with van der Waals surface area (Å²) in [5, 5.41) is 2.83. The maximum Gasteiger partial charge on any atom is 0.243 e. The Morgan fingerprint density at radius 1 is 1.25 bits per heavy atom. The van der Waals surface area contributed by atoms with Gasteiger partial charge in [0, 0.05) is 6.04 Å². The molecule has 0 saturated carbocycles. The Morgan fingerprint density at radius 2 is 1.96 bits per heavy atom. The standard InChI is InChI=1S/C15H22N4O3S2/c1-5-10(4)16-15(20)13(9(2)3)19-24(21,22)12-8-6-7-11-14(12)18-23-17-11/h6-10,13,19H,5H2,1-4H3,(H,16,20)/t10-,13-/m1/s1. The Hall–Kier alpha value is -1.58. The van der Waals surface area contributed by atoms with E-state index in [1.54, 1.807) is 26.0 Å². The number of hydrogen-bond acceptors (Lipinski definition) is 6. The highest BCUT2D eigenvalue weighted by atomic mass is 32.2. The summed E-state index contributed by atoms with van der Waals surface area (Å²) in [7, 11) is -3.90. The zero-order valence-electron chi connectivity index (χ0n) is 14.1. The minimum absolute atomic E-state index is 0.0190. The molecule has 2 N–H and O–H groups in total. The van der Waals surface area contributed by atoms with Gasteiger partial charge in [-0.15, -0.1) is 0 Å². The number of nitrogens with one attached hydrogen (secondary N) is 2. The number of carbonyl (C=O) groups is 1. The molecule has 0 aliphatic carbocycles. The third-order valence-electron chi connectivity index (χ3n) is 3.77. The SMILES string of the molecule is CC[C@@H](C)NC(=O)[C@H](NS(=O)(=O)c1cccc2nsnc12)C(C)C. The molecule has 1 heterocycles. The van der Waals surface area contributed by atoms with Crippen molar-refractivity contribution < 1.29 is 13.2 Å². The minimum Gasteiger partial charge on any atom is -0.352 e. The fourth-order valence-corrected chi connectivity index (χ4v) is 4.27. The van der Waals surface area contributed by atoms with E-state index in [-0.39, 0.29) is 22.8 Å². The van der Waals surface area contributed by atoms with Gasteiger partial charge < -0.3 is 5.32 Å². The van der Waals surface area contributed by atoms with Gasteiger partial charge >= 0.3 is 0 Å². The summed E-state index contributed by atoms with van der Waals surface area (Å²) < 4.78 is 36.2. The first-order valence-corrected chi connectivity index (χ1v) is 10.0. The molecule has 2 atom stereocenters. The number of nitrogens with zero attached hydrogens (tertiary/aromatic N) is 2. The van der Waals surface area contributed by atoms with Crippen LogP contribution in [0, 0.1) is 5.92 Å². The van der Waals surface area contributed by atoms with Crippen LogP contribution in [-0.4, -0.2) is 35.2 Å². The normalized spacial score (nSPS) is 14.7. The van der Waals surface area contributed by atoms with E-state index in [2.05, 4.69) is 18.8 Å². The van der Waals surface area contributed by atoms with Crippen molar-refractivity contribution in [2.24, 2.45) is 5.92 Å². The molecule has 24 heavy (non-hydrogen) atoms. The van der Waals surface area contributed by atoms with Crippen LogP contribution in [0.3, 0.4) is 0 Å². The van der Waals surface area contributed by atoms with E-state index in [9.17, 15) is 13.2 Å². The average molecular weight is 371 g/mol. The second-order valence-corrected chi connectivity index (χ2v) is 8.26. The number of hydrogen-bond donors (Lipinski definition) is 2. The van der Waals surface area contributed by atoms with Gasteiger partial charge in [0.25, 0.3) is 0 Å². The van der Waals surface area contributed by atoms with E-state index in [1.165, 1.54) is 6.07 Å².